The molecule has 206 valence electrons. The first kappa shape index (κ1) is 27.8. The highest BCUT2D eigenvalue weighted by molar-refractivity contribution is 5.93. The molecule has 0 radical (unpaired) electrons. The number of benzene rings is 2. The summed E-state index contributed by atoms with van der Waals surface area (Å²) in [6, 6.07) is 11.6. The van der Waals surface area contributed by atoms with E-state index in [0.29, 0.717) is 30.8 Å². The molecule has 0 unspecified atom stereocenters. The molecule has 0 saturated carbocycles. The second-order valence-electron chi connectivity index (χ2n) is 10.7. The summed E-state index contributed by atoms with van der Waals surface area (Å²) in [5, 5.41) is 7.36. The fourth-order valence-corrected chi connectivity index (χ4v) is 4.68. The van der Waals surface area contributed by atoms with E-state index in [4.69, 9.17) is 10.5 Å². The Labute approximate surface area is 226 Å². The number of carbonyl (C=O) groups is 3. The van der Waals surface area contributed by atoms with Crippen molar-refractivity contribution in [1.82, 2.24) is 20.5 Å². The van der Waals surface area contributed by atoms with Crippen LogP contribution in [-0.2, 0) is 27.3 Å². The summed E-state index contributed by atoms with van der Waals surface area (Å²) in [4.78, 5) is 45.0. The molecule has 2 heterocycles. The number of halogens is 1. The number of ether oxygens (including phenoxy) is 1. The van der Waals surface area contributed by atoms with E-state index in [-0.39, 0.29) is 18.9 Å². The van der Waals surface area contributed by atoms with Gasteiger partial charge in [-0.2, -0.15) is 0 Å². The zero-order valence-electron chi connectivity index (χ0n) is 22.4. The second kappa shape index (κ2) is 11.7. The van der Waals surface area contributed by atoms with E-state index < -0.39 is 35.5 Å². The summed E-state index contributed by atoms with van der Waals surface area (Å²) < 4.78 is 18.8. The first-order valence-electron chi connectivity index (χ1n) is 13.0. The fraction of sp³-hybridized carbons (Fsp3) is 0.379. The number of anilines is 1. The number of likely N-dealkylation sites (tertiary alicyclic amines) is 1. The number of alkyl carbamates (subject to hydrolysis) is 1. The van der Waals surface area contributed by atoms with Crippen molar-refractivity contribution in [2.75, 3.05) is 12.3 Å². The Bertz CT molecular complexity index is 1360. The van der Waals surface area contributed by atoms with Gasteiger partial charge in [0.2, 0.25) is 11.8 Å². The van der Waals surface area contributed by atoms with Crippen LogP contribution in [0.15, 0.2) is 54.7 Å². The minimum absolute atomic E-state index is 0.123. The molecule has 1 aliphatic rings. The lowest BCUT2D eigenvalue weighted by Gasteiger charge is -2.29. The molecule has 3 aromatic rings. The van der Waals surface area contributed by atoms with E-state index in [0.717, 1.165) is 16.3 Å². The van der Waals surface area contributed by atoms with Crippen LogP contribution in [0.4, 0.5) is 15.0 Å². The van der Waals surface area contributed by atoms with Gasteiger partial charge in [-0.05, 0) is 74.4 Å². The summed E-state index contributed by atoms with van der Waals surface area (Å²) in [5.74, 6) is -0.618. The molecule has 3 amide bonds. The number of nitrogens with zero attached hydrogens (tertiary/aromatic N) is 2. The maximum absolute atomic E-state index is 13.7. The van der Waals surface area contributed by atoms with Gasteiger partial charge in [-0.25, -0.2) is 14.2 Å². The number of nitrogens with two attached hydrogens (primary N) is 1. The summed E-state index contributed by atoms with van der Waals surface area (Å²) in [7, 11) is 0. The highest BCUT2D eigenvalue weighted by Crippen LogP contribution is 2.22. The Hall–Kier alpha value is -4.21. The van der Waals surface area contributed by atoms with Crippen LogP contribution in [0.2, 0.25) is 0 Å². The van der Waals surface area contributed by atoms with Crippen LogP contribution in [0.25, 0.3) is 10.8 Å². The fourth-order valence-electron chi connectivity index (χ4n) is 4.68. The monoisotopic (exact) mass is 535 g/mol. The number of amides is 3. The van der Waals surface area contributed by atoms with E-state index in [2.05, 4.69) is 15.6 Å². The molecule has 2 atom stereocenters. The lowest BCUT2D eigenvalue weighted by Crippen LogP contribution is -2.54. The zero-order chi connectivity index (χ0) is 28.2. The van der Waals surface area contributed by atoms with E-state index in [1.807, 2.05) is 24.3 Å². The number of pyridine rings is 1. The smallest absolute Gasteiger partial charge is 0.408 e. The average molecular weight is 536 g/mol. The van der Waals surface area contributed by atoms with Crippen molar-refractivity contribution in [3.05, 3.63) is 71.7 Å². The molecule has 9 nitrogen and oxygen atoms in total. The third-order valence-corrected chi connectivity index (χ3v) is 6.51. The first-order valence-corrected chi connectivity index (χ1v) is 13.0. The zero-order valence-corrected chi connectivity index (χ0v) is 22.4. The van der Waals surface area contributed by atoms with Gasteiger partial charge in [-0.3, -0.25) is 9.59 Å². The number of hydrogen-bond donors (Lipinski definition) is 3. The van der Waals surface area contributed by atoms with Crippen molar-refractivity contribution in [3.8, 4) is 0 Å². The minimum atomic E-state index is -0.988. The van der Waals surface area contributed by atoms with Crippen molar-refractivity contribution in [1.29, 1.82) is 0 Å². The Morgan fingerprint density at radius 1 is 1.13 bits per heavy atom. The maximum Gasteiger partial charge on any atom is 0.408 e. The maximum atomic E-state index is 13.7. The second-order valence-corrected chi connectivity index (χ2v) is 10.7. The SMILES string of the molecule is CC(C)(C)OC(=O)N[C@H](Cc1ccc(F)cc1)C(=O)N1CCC[C@H]1C(=O)NCc1ccc2c(N)nccc2c1. The van der Waals surface area contributed by atoms with Gasteiger partial charge >= 0.3 is 6.09 Å². The van der Waals surface area contributed by atoms with Crippen LogP contribution in [0.3, 0.4) is 0 Å². The van der Waals surface area contributed by atoms with Gasteiger partial charge in [-0.1, -0.05) is 24.3 Å². The van der Waals surface area contributed by atoms with Crippen LogP contribution in [0.5, 0.6) is 0 Å². The number of fused-ring (bicyclic) bond motifs is 1. The molecule has 1 aromatic heterocycles. The molecule has 4 rings (SSSR count). The van der Waals surface area contributed by atoms with Crippen molar-refractivity contribution >= 4 is 34.5 Å². The minimum Gasteiger partial charge on any atom is -0.444 e. The largest absolute Gasteiger partial charge is 0.444 e. The first-order chi connectivity index (χ1) is 18.5. The third kappa shape index (κ3) is 7.22. The summed E-state index contributed by atoms with van der Waals surface area (Å²) in [6.07, 6.45) is 2.18. The highest BCUT2D eigenvalue weighted by Gasteiger charge is 2.38. The standard InChI is InChI=1S/C29H34FN5O4/c1-29(2,3)39-28(38)34-23(16-18-6-9-21(30)10-7-18)27(37)35-14-4-5-24(35)26(36)33-17-19-8-11-22-20(15-19)12-13-32-25(22)31/h6-13,15,23-24H,4-5,14,16-17H2,1-3H3,(H2,31,32)(H,33,36)(H,34,38)/t23-,24+/m1/s1. The Morgan fingerprint density at radius 2 is 1.85 bits per heavy atom. The van der Waals surface area contributed by atoms with Gasteiger partial charge < -0.3 is 26.0 Å². The average Bonchev–Trinajstić information content (AvgIpc) is 3.37. The van der Waals surface area contributed by atoms with Gasteiger partial charge in [0.05, 0.1) is 0 Å². The van der Waals surface area contributed by atoms with E-state index in [1.54, 1.807) is 39.1 Å². The molecule has 0 bridgehead atoms. The van der Waals surface area contributed by atoms with Crippen molar-refractivity contribution < 1.29 is 23.5 Å². The lowest BCUT2D eigenvalue weighted by molar-refractivity contribution is -0.140. The Morgan fingerprint density at radius 3 is 2.56 bits per heavy atom. The molecule has 2 aromatic carbocycles. The lowest BCUT2D eigenvalue weighted by atomic mass is 10.0. The van der Waals surface area contributed by atoms with Gasteiger partial charge in [0, 0.05) is 31.1 Å². The van der Waals surface area contributed by atoms with Crippen LogP contribution in [-0.4, -0.2) is 52.0 Å². The van der Waals surface area contributed by atoms with Crippen LogP contribution in [0, 0.1) is 5.82 Å². The predicted molar refractivity (Wildman–Crippen MR) is 146 cm³/mol. The topological polar surface area (TPSA) is 127 Å². The van der Waals surface area contributed by atoms with E-state index in [9.17, 15) is 18.8 Å². The molecule has 1 aliphatic heterocycles. The third-order valence-electron chi connectivity index (χ3n) is 6.51. The highest BCUT2D eigenvalue weighted by atomic mass is 19.1. The van der Waals surface area contributed by atoms with Crippen molar-refractivity contribution in [3.63, 3.8) is 0 Å². The Kier molecular flexibility index (Phi) is 8.32. The molecule has 1 saturated heterocycles. The molecule has 39 heavy (non-hydrogen) atoms. The van der Waals surface area contributed by atoms with Crippen molar-refractivity contribution in [2.45, 2.75) is 64.3 Å². The number of nitrogens with one attached hydrogen (secondary N) is 2. The molecule has 1 fully saturated rings. The molecule has 4 N–H and O–H groups in total. The van der Waals surface area contributed by atoms with Gasteiger partial charge in [0.25, 0.3) is 0 Å². The van der Waals surface area contributed by atoms with Crippen LogP contribution >= 0.6 is 0 Å². The molecular formula is C29H34FN5O4. The number of aromatic nitrogens is 1. The van der Waals surface area contributed by atoms with Gasteiger partial charge in [0.1, 0.15) is 29.3 Å². The van der Waals surface area contributed by atoms with E-state index >= 15 is 0 Å². The number of carbonyl (C=O) groups excluding carboxylic acids is 3. The quantitative estimate of drug-likeness (QED) is 0.424. The number of hydrogen-bond acceptors (Lipinski definition) is 6. The van der Waals surface area contributed by atoms with Crippen molar-refractivity contribution in [2.24, 2.45) is 0 Å². The number of nitrogen functional groups attached to an aromatic ring is 1. The van der Waals surface area contributed by atoms with Crippen LogP contribution in [0.1, 0.15) is 44.7 Å². The van der Waals surface area contributed by atoms with Gasteiger partial charge in [0.15, 0.2) is 0 Å². The normalized spacial score (nSPS) is 16.1. The Balaban J connectivity index is 1.46. The summed E-state index contributed by atoms with van der Waals surface area (Å²) in [5.41, 5.74) is 6.72. The molecule has 10 heteroatoms. The molecule has 0 spiro atoms. The molecular weight excluding hydrogens is 501 g/mol. The summed E-state index contributed by atoms with van der Waals surface area (Å²) in [6.45, 7) is 5.85. The van der Waals surface area contributed by atoms with E-state index in [1.165, 1.54) is 17.0 Å². The number of rotatable bonds is 7. The molecule has 0 aliphatic carbocycles. The van der Waals surface area contributed by atoms with Gasteiger partial charge in [-0.15, -0.1) is 0 Å². The van der Waals surface area contributed by atoms with Crippen LogP contribution < -0.4 is 16.4 Å². The summed E-state index contributed by atoms with van der Waals surface area (Å²) >= 11 is 0. The predicted octanol–water partition coefficient (Wildman–Crippen LogP) is 3.70.